The highest BCUT2D eigenvalue weighted by Crippen LogP contribution is 2.63. The van der Waals surface area contributed by atoms with E-state index in [2.05, 4.69) is 4.90 Å². The van der Waals surface area contributed by atoms with Crippen molar-refractivity contribution in [3.8, 4) is 6.07 Å². The Morgan fingerprint density at radius 2 is 1.81 bits per heavy atom. The molecular formula is C19H16F3N3O2. The summed E-state index contributed by atoms with van der Waals surface area (Å²) in [7, 11) is 1.95. The maximum Gasteiger partial charge on any atom is 0.417 e. The molecule has 3 aliphatic heterocycles. The van der Waals surface area contributed by atoms with Gasteiger partial charge in [-0.15, -0.1) is 0 Å². The summed E-state index contributed by atoms with van der Waals surface area (Å²) < 4.78 is 39.9. The van der Waals surface area contributed by atoms with E-state index >= 15 is 0 Å². The maximum atomic E-state index is 13.3. The van der Waals surface area contributed by atoms with Crippen molar-refractivity contribution in [1.29, 1.82) is 5.26 Å². The second-order valence-corrected chi connectivity index (χ2v) is 8.06. The number of hydrogen-bond donors (Lipinski definition) is 0. The number of anilines is 1. The third kappa shape index (κ3) is 2.09. The summed E-state index contributed by atoms with van der Waals surface area (Å²) in [5, 5.41) is 8.95. The van der Waals surface area contributed by atoms with Crippen molar-refractivity contribution in [2.75, 3.05) is 18.5 Å². The maximum absolute atomic E-state index is 13.3. The lowest BCUT2D eigenvalue weighted by atomic mass is 9.66. The van der Waals surface area contributed by atoms with E-state index in [1.165, 1.54) is 12.1 Å². The van der Waals surface area contributed by atoms with E-state index in [4.69, 9.17) is 5.26 Å². The fraction of sp³-hybridized carbons (Fsp3) is 0.526. The number of alkyl halides is 3. The molecule has 1 aromatic carbocycles. The molecule has 27 heavy (non-hydrogen) atoms. The fourth-order valence-corrected chi connectivity index (χ4v) is 5.74. The minimum absolute atomic E-state index is 0.00748. The van der Waals surface area contributed by atoms with Crippen molar-refractivity contribution in [2.24, 2.45) is 29.6 Å². The number of piperidine rings is 2. The zero-order valence-corrected chi connectivity index (χ0v) is 14.4. The Kier molecular flexibility index (Phi) is 3.17. The van der Waals surface area contributed by atoms with Crippen LogP contribution in [0.3, 0.4) is 0 Å². The first-order valence-electron chi connectivity index (χ1n) is 8.93. The van der Waals surface area contributed by atoms with Gasteiger partial charge in [0.1, 0.15) is 0 Å². The highest BCUT2D eigenvalue weighted by Gasteiger charge is 2.70. The number of nitriles is 1. The van der Waals surface area contributed by atoms with Crippen LogP contribution in [0.2, 0.25) is 0 Å². The average Bonchev–Trinajstić information content (AvgIpc) is 3.37. The highest BCUT2D eigenvalue weighted by molar-refractivity contribution is 6.22. The Morgan fingerprint density at radius 1 is 1.11 bits per heavy atom. The van der Waals surface area contributed by atoms with Crippen molar-refractivity contribution in [2.45, 2.75) is 18.6 Å². The lowest BCUT2D eigenvalue weighted by Gasteiger charge is -2.48. The summed E-state index contributed by atoms with van der Waals surface area (Å²) in [5.41, 5.74) is -1.74. The Hall–Kier alpha value is -2.40. The molecule has 2 bridgehead atoms. The molecule has 2 aliphatic carbocycles. The van der Waals surface area contributed by atoms with Gasteiger partial charge in [-0.25, -0.2) is 4.90 Å². The summed E-state index contributed by atoms with van der Waals surface area (Å²) in [6, 6.07) is 4.54. The van der Waals surface area contributed by atoms with Crippen LogP contribution in [-0.2, 0) is 15.8 Å². The molecule has 1 unspecified atom stereocenters. The number of carbonyl (C=O) groups is 2. The zero-order chi connectivity index (χ0) is 19.2. The third-order valence-electron chi connectivity index (χ3n) is 6.80. The molecule has 2 amide bonds. The molecule has 6 atom stereocenters. The summed E-state index contributed by atoms with van der Waals surface area (Å²) in [4.78, 5) is 29.2. The van der Waals surface area contributed by atoms with Crippen LogP contribution in [-0.4, -0.2) is 36.3 Å². The minimum Gasteiger partial charge on any atom is -0.302 e. The Balaban J connectivity index is 1.57. The second-order valence-electron chi connectivity index (χ2n) is 8.06. The monoisotopic (exact) mass is 375 g/mol. The summed E-state index contributed by atoms with van der Waals surface area (Å²) in [6.45, 7) is 0.751. The fourth-order valence-electron chi connectivity index (χ4n) is 5.74. The number of rotatable bonds is 1. The van der Waals surface area contributed by atoms with E-state index in [1.807, 2.05) is 7.05 Å². The van der Waals surface area contributed by atoms with Crippen LogP contribution in [0.1, 0.15) is 17.5 Å². The van der Waals surface area contributed by atoms with Crippen molar-refractivity contribution in [3.05, 3.63) is 29.3 Å². The molecule has 5 fully saturated rings. The minimum atomic E-state index is -4.74. The Labute approximate surface area is 153 Å². The Morgan fingerprint density at radius 3 is 2.48 bits per heavy atom. The number of fused-ring (bicyclic) bond motifs is 1. The van der Waals surface area contributed by atoms with Gasteiger partial charge < -0.3 is 4.90 Å². The SMILES string of the molecule is CN1CC2[C@@H]3C[C@@H]3[C@@H]1[C@H]1C(=O)N(c3ccc(C#N)c(C(F)(F)F)c3)C(=O)[C@@H]21. The first kappa shape index (κ1) is 16.8. The number of nitrogens with zero attached hydrogens (tertiary/aromatic N) is 3. The molecule has 2 saturated carbocycles. The van der Waals surface area contributed by atoms with E-state index in [-0.39, 0.29) is 17.6 Å². The number of carbonyl (C=O) groups excluding carboxylic acids is 2. The van der Waals surface area contributed by atoms with Gasteiger partial charge in [-0.3, -0.25) is 9.59 Å². The van der Waals surface area contributed by atoms with Crippen molar-refractivity contribution in [1.82, 2.24) is 4.90 Å². The smallest absolute Gasteiger partial charge is 0.302 e. The predicted molar refractivity (Wildman–Crippen MR) is 87.1 cm³/mol. The number of amides is 2. The van der Waals surface area contributed by atoms with E-state index in [0.29, 0.717) is 11.8 Å². The summed E-state index contributed by atoms with van der Waals surface area (Å²) in [6.07, 6.45) is -3.71. The van der Waals surface area contributed by atoms with Crippen molar-refractivity contribution < 1.29 is 22.8 Å². The van der Waals surface area contributed by atoms with Gasteiger partial charge in [0.15, 0.2) is 0 Å². The van der Waals surface area contributed by atoms with Gasteiger partial charge in [0, 0.05) is 12.6 Å². The van der Waals surface area contributed by atoms with E-state index < -0.39 is 41.0 Å². The molecule has 5 aliphatic rings. The standard InChI is InChI=1S/C19H16F3N3O2/c1-24-7-12-10-5-11(10)16(24)15-14(12)17(26)25(18(15)27)9-3-2-8(6-23)13(4-9)19(20,21)22/h2-4,10-12,14-16H,5,7H2,1H3/t10-,11+,12?,14+,15+,16-/m1/s1. The number of benzene rings is 1. The molecule has 8 heteroatoms. The Bertz CT molecular complexity index is 920. The second kappa shape index (κ2) is 5.10. The largest absolute Gasteiger partial charge is 0.417 e. The molecule has 6 rings (SSSR count). The number of imide groups is 1. The van der Waals surface area contributed by atoms with Crippen LogP contribution in [0.4, 0.5) is 18.9 Å². The molecule has 5 nitrogen and oxygen atoms in total. The number of halogens is 3. The molecule has 1 aromatic rings. The van der Waals surface area contributed by atoms with E-state index in [0.717, 1.165) is 30.0 Å². The van der Waals surface area contributed by atoms with E-state index in [9.17, 15) is 22.8 Å². The van der Waals surface area contributed by atoms with Crippen LogP contribution in [0.5, 0.6) is 0 Å². The van der Waals surface area contributed by atoms with Crippen LogP contribution in [0.15, 0.2) is 18.2 Å². The lowest BCUT2D eigenvalue weighted by molar-refractivity contribution is -0.138. The molecule has 140 valence electrons. The zero-order valence-electron chi connectivity index (χ0n) is 14.4. The average molecular weight is 375 g/mol. The van der Waals surface area contributed by atoms with Crippen LogP contribution < -0.4 is 4.90 Å². The summed E-state index contributed by atoms with van der Waals surface area (Å²) >= 11 is 0. The molecular weight excluding hydrogens is 359 g/mol. The van der Waals surface area contributed by atoms with Gasteiger partial charge in [-0.05, 0) is 49.4 Å². The van der Waals surface area contributed by atoms with Crippen LogP contribution in [0, 0.1) is 40.9 Å². The summed E-state index contributed by atoms with van der Waals surface area (Å²) in [5.74, 6) is -0.750. The van der Waals surface area contributed by atoms with Crippen molar-refractivity contribution >= 4 is 17.5 Å². The lowest BCUT2D eigenvalue weighted by Crippen LogP contribution is -2.58. The van der Waals surface area contributed by atoms with Gasteiger partial charge in [-0.1, -0.05) is 0 Å². The first-order chi connectivity index (χ1) is 12.7. The molecule has 0 aromatic heterocycles. The van der Waals surface area contributed by atoms with Gasteiger partial charge in [0.25, 0.3) is 0 Å². The number of hydrogen-bond acceptors (Lipinski definition) is 4. The van der Waals surface area contributed by atoms with Crippen LogP contribution >= 0.6 is 0 Å². The van der Waals surface area contributed by atoms with E-state index in [1.54, 1.807) is 0 Å². The predicted octanol–water partition coefficient (Wildman–Crippen LogP) is 2.26. The molecule has 0 radical (unpaired) electrons. The van der Waals surface area contributed by atoms with Gasteiger partial charge in [0.05, 0.1) is 34.7 Å². The molecule has 3 heterocycles. The molecule has 3 saturated heterocycles. The highest BCUT2D eigenvalue weighted by atomic mass is 19.4. The molecule has 0 spiro atoms. The normalized spacial score (nSPS) is 37.2. The third-order valence-corrected chi connectivity index (χ3v) is 6.80. The first-order valence-corrected chi connectivity index (χ1v) is 8.93. The van der Waals surface area contributed by atoms with Gasteiger partial charge in [0.2, 0.25) is 11.8 Å². The molecule has 0 N–H and O–H groups in total. The van der Waals surface area contributed by atoms with Gasteiger partial charge >= 0.3 is 6.18 Å². The topological polar surface area (TPSA) is 64.4 Å². The van der Waals surface area contributed by atoms with Crippen LogP contribution in [0.25, 0.3) is 0 Å². The van der Waals surface area contributed by atoms with Crippen molar-refractivity contribution in [3.63, 3.8) is 0 Å². The van der Waals surface area contributed by atoms with Gasteiger partial charge in [-0.2, -0.15) is 18.4 Å². The quantitative estimate of drug-likeness (QED) is 0.707.